The van der Waals surface area contributed by atoms with Crippen LogP contribution in [0.25, 0.3) is 0 Å². The zero-order chi connectivity index (χ0) is 22.2. The fraction of sp³-hybridized carbons (Fsp3) is 0.160. The number of hydrogen-bond acceptors (Lipinski definition) is 4. The summed E-state index contributed by atoms with van der Waals surface area (Å²) in [5.41, 5.74) is 8.08. The summed E-state index contributed by atoms with van der Waals surface area (Å²) in [7, 11) is 0. The van der Waals surface area contributed by atoms with E-state index in [-0.39, 0.29) is 18.4 Å². The first kappa shape index (κ1) is 21.8. The van der Waals surface area contributed by atoms with Gasteiger partial charge in [-0.3, -0.25) is 9.59 Å². The number of amides is 2. The van der Waals surface area contributed by atoms with Gasteiger partial charge in [0.15, 0.2) is 6.61 Å². The highest BCUT2D eigenvalue weighted by Crippen LogP contribution is 2.15. The fourth-order valence-electron chi connectivity index (χ4n) is 3.18. The topological polar surface area (TPSA) is 79.8 Å². The molecule has 6 nitrogen and oxygen atoms in total. The molecule has 0 atom stereocenters. The van der Waals surface area contributed by atoms with Crippen LogP contribution in [0.4, 0.5) is 5.69 Å². The molecule has 0 saturated heterocycles. The zero-order valence-electron chi connectivity index (χ0n) is 17.8. The molecule has 3 rings (SSSR count). The van der Waals surface area contributed by atoms with Crippen molar-refractivity contribution in [1.29, 1.82) is 0 Å². The van der Waals surface area contributed by atoms with E-state index in [1.54, 1.807) is 42.6 Å². The monoisotopic (exact) mass is 415 g/mol. The number of nitrogens with zero attached hydrogens (tertiary/aromatic N) is 1. The lowest BCUT2D eigenvalue weighted by Crippen LogP contribution is -2.20. The number of aryl methyl sites for hydroxylation is 3. The van der Waals surface area contributed by atoms with E-state index in [2.05, 4.69) is 28.0 Å². The van der Waals surface area contributed by atoms with Crippen molar-refractivity contribution in [1.82, 2.24) is 5.43 Å². The SMILES string of the molecule is Cc1cc(C)c(/C=N\NC(=O)c2ccc(OCC(=O)Nc3ccccc3)cc2)c(C)c1. The van der Waals surface area contributed by atoms with Crippen LogP contribution in [0.15, 0.2) is 71.8 Å². The number of anilines is 1. The Kier molecular flexibility index (Phi) is 7.17. The maximum Gasteiger partial charge on any atom is 0.271 e. The molecule has 0 aliphatic heterocycles. The fourth-order valence-corrected chi connectivity index (χ4v) is 3.18. The predicted molar refractivity (Wildman–Crippen MR) is 123 cm³/mol. The van der Waals surface area contributed by atoms with Gasteiger partial charge in [-0.25, -0.2) is 5.43 Å². The minimum atomic E-state index is -0.327. The number of benzene rings is 3. The molecule has 3 aromatic rings. The second kappa shape index (κ2) is 10.2. The summed E-state index contributed by atoms with van der Waals surface area (Å²) in [6.45, 7) is 5.95. The van der Waals surface area contributed by atoms with Crippen LogP contribution in [0, 0.1) is 20.8 Å². The molecule has 0 fully saturated rings. The maximum atomic E-state index is 12.3. The van der Waals surface area contributed by atoms with Crippen LogP contribution in [0.5, 0.6) is 5.75 Å². The summed E-state index contributed by atoms with van der Waals surface area (Å²) in [4.78, 5) is 24.3. The number of nitrogens with one attached hydrogen (secondary N) is 2. The van der Waals surface area contributed by atoms with E-state index in [1.165, 1.54) is 5.56 Å². The standard InChI is InChI=1S/C25H25N3O3/c1-17-13-18(2)23(19(3)14-17)15-26-28-25(30)20-9-11-22(12-10-20)31-16-24(29)27-21-7-5-4-6-8-21/h4-15H,16H2,1-3H3,(H,27,29)(H,28,30)/b26-15-. The smallest absolute Gasteiger partial charge is 0.271 e. The second-order valence-corrected chi connectivity index (χ2v) is 7.24. The van der Waals surface area contributed by atoms with Gasteiger partial charge in [0.2, 0.25) is 0 Å². The largest absolute Gasteiger partial charge is 0.484 e. The van der Waals surface area contributed by atoms with Gasteiger partial charge in [-0.2, -0.15) is 5.10 Å². The van der Waals surface area contributed by atoms with Gasteiger partial charge in [0, 0.05) is 16.8 Å². The molecule has 31 heavy (non-hydrogen) atoms. The van der Waals surface area contributed by atoms with Crippen LogP contribution in [0.2, 0.25) is 0 Å². The van der Waals surface area contributed by atoms with E-state index < -0.39 is 0 Å². The molecule has 6 heteroatoms. The van der Waals surface area contributed by atoms with Gasteiger partial charge in [-0.1, -0.05) is 35.9 Å². The summed E-state index contributed by atoms with van der Waals surface area (Å²) < 4.78 is 5.48. The lowest BCUT2D eigenvalue weighted by molar-refractivity contribution is -0.118. The van der Waals surface area contributed by atoms with Crippen molar-refractivity contribution in [2.45, 2.75) is 20.8 Å². The third-order valence-electron chi connectivity index (χ3n) is 4.64. The summed E-state index contributed by atoms with van der Waals surface area (Å²) in [5, 5.41) is 6.83. The number of para-hydroxylation sites is 1. The van der Waals surface area contributed by atoms with E-state index >= 15 is 0 Å². The molecule has 2 N–H and O–H groups in total. The molecule has 0 aliphatic rings. The molecule has 0 bridgehead atoms. The van der Waals surface area contributed by atoms with E-state index in [0.717, 1.165) is 16.7 Å². The molecule has 0 aliphatic carbocycles. The van der Waals surface area contributed by atoms with Crippen LogP contribution in [0.3, 0.4) is 0 Å². The van der Waals surface area contributed by atoms with Crippen molar-refractivity contribution in [3.63, 3.8) is 0 Å². The summed E-state index contributed by atoms with van der Waals surface area (Å²) >= 11 is 0. The molecule has 0 saturated carbocycles. The first-order valence-corrected chi connectivity index (χ1v) is 9.91. The Bertz CT molecular complexity index is 1070. The van der Waals surface area contributed by atoms with Crippen molar-refractivity contribution in [2.24, 2.45) is 5.10 Å². The van der Waals surface area contributed by atoms with Crippen molar-refractivity contribution in [3.05, 3.63) is 94.5 Å². The van der Waals surface area contributed by atoms with Crippen LogP contribution < -0.4 is 15.5 Å². The zero-order valence-corrected chi connectivity index (χ0v) is 17.8. The highest BCUT2D eigenvalue weighted by atomic mass is 16.5. The molecule has 0 radical (unpaired) electrons. The van der Waals surface area contributed by atoms with Crippen molar-refractivity contribution in [2.75, 3.05) is 11.9 Å². The Morgan fingerprint density at radius 2 is 1.58 bits per heavy atom. The Balaban J connectivity index is 1.51. The number of rotatable bonds is 7. The summed E-state index contributed by atoms with van der Waals surface area (Å²) in [5.74, 6) is -0.0924. The third-order valence-corrected chi connectivity index (χ3v) is 4.64. The number of hydrazone groups is 1. The average molecular weight is 415 g/mol. The number of carbonyl (C=O) groups excluding carboxylic acids is 2. The lowest BCUT2D eigenvalue weighted by Gasteiger charge is -2.08. The quantitative estimate of drug-likeness (QED) is 0.444. The van der Waals surface area contributed by atoms with Crippen molar-refractivity contribution in [3.8, 4) is 5.75 Å². The van der Waals surface area contributed by atoms with E-state index in [0.29, 0.717) is 17.0 Å². The maximum absolute atomic E-state index is 12.3. The molecule has 2 amide bonds. The first-order chi connectivity index (χ1) is 14.9. The number of ether oxygens (including phenoxy) is 1. The molecule has 0 unspecified atom stereocenters. The van der Waals surface area contributed by atoms with Gasteiger partial charge >= 0.3 is 0 Å². The van der Waals surface area contributed by atoms with E-state index in [4.69, 9.17) is 4.74 Å². The Morgan fingerprint density at radius 1 is 0.935 bits per heavy atom. The normalized spacial score (nSPS) is 10.7. The highest BCUT2D eigenvalue weighted by molar-refractivity contribution is 5.95. The highest BCUT2D eigenvalue weighted by Gasteiger charge is 2.07. The molecule has 3 aromatic carbocycles. The first-order valence-electron chi connectivity index (χ1n) is 9.91. The van der Waals surface area contributed by atoms with Crippen molar-refractivity contribution < 1.29 is 14.3 Å². The Labute approximate surface area is 182 Å². The van der Waals surface area contributed by atoms with E-state index in [1.807, 2.05) is 39.0 Å². The Hall–Kier alpha value is -3.93. The summed E-state index contributed by atoms with van der Waals surface area (Å²) in [6, 6.07) is 19.8. The minimum Gasteiger partial charge on any atom is -0.484 e. The third kappa shape index (κ3) is 6.27. The molecule has 0 aromatic heterocycles. The molecule has 0 heterocycles. The Morgan fingerprint density at radius 3 is 2.23 bits per heavy atom. The average Bonchev–Trinajstić information content (AvgIpc) is 2.75. The molecular formula is C25H25N3O3. The minimum absolute atomic E-state index is 0.125. The van der Waals surface area contributed by atoms with Gasteiger partial charge in [-0.15, -0.1) is 0 Å². The van der Waals surface area contributed by atoms with Crippen LogP contribution in [-0.2, 0) is 4.79 Å². The number of carbonyl (C=O) groups is 2. The van der Waals surface area contributed by atoms with Gasteiger partial charge in [-0.05, 0) is 68.3 Å². The van der Waals surface area contributed by atoms with Gasteiger partial charge in [0.05, 0.1) is 6.21 Å². The van der Waals surface area contributed by atoms with Crippen LogP contribution >= 0.6 is 0 Å². The van der Waals surface area contributed by atoms with Gasteiger partial charge in [0.1, 0.15) is 5.75 Å². The van der Waals surface area contributed by atoms with E-state index in [9.17, 15) is 9.59 Å². The van der Waals surface area contributed by atoms with Gasteiger partial charge in [0.25, 0.3) is 11.8 Å². The summed E-state index contributed by atoms with van der Waals surface area (Å²) in [6.07, 6.45) is 1.66. The molecule has 158 valence electrons. The van der Waals surface area contributed by atoms with Crippen LogP contribution in [0.1, 0.15) is 32.6 Å². The predicted octanol–water partition coefficient (Wildman–Crippen LogP) is 4.39. The molecular weight excluding hydrogens is 390 g/mol. The number of hydrogen-bond donors (Lipinski definition) is 2. The molecule has 0 spiro atoms. The second-order valence-electron chi connectivity index (χ2n) is 7.24. The lowest BCUT2D eigenvalue weighted by atomic mass is 10.0. The van der Waals surface area contributed by atoms with Crippen LogP contribution in [-0.4, -0.2) is 24.6 Å². The van der Waals surface area contributed by atoms with Gasteiger partial charge < -0.3 is 10.1 Å². The van der Waals surface area contributed by atoms with Crippen molar-refractivity contribution >= 4 is 23.7 Å².